The van der Waals surface area contributed by atoms with Crippen LogP contribution in [0.15, 0.2) is 127 Å². The number of esters is 2. The van der Waals surface area contributed by atoms with Crippen molar-refractivity contribution in [3.05, 3.63) is 150 Å². The van der Waals surface area contributed by atoms with Crippen LogP contribution in [0.4, 0.5) is 0 Å². The van der Waals surface area contributed by atoms with Crippen LogP contribution in [0.25, 0.3) is 0 Å². The molecule has 0 aliphatic rings. The molecular weight excluding hydrogens is 725 g/mol. The maximum Gasteiger partial charge on any atom is 0.335 e. The Kier molecular flexibility index (Phi) is 19.0. The van der Waals surface area contributed by atoms with Crippen LogP contribution >= 0.6 is 11.8 Å². The van der Waals surface area contributed by atoms with Crippen LogP contribution < -0.4 is 9.47 Å². The molecule has 5 nitrogen and oxygen atoms in total. The van der Waals surface area contributed by atoms with Gasteiger partial charge in [-0.2, -0.15) is 0 Å². The number of rotatable bonds is 9. The van der Waals surface area contributed by atoms with Crippen molar-refractivity contribution >= 4 is 29.5 Å². The first kappa shape index (κ1) is 42.8. The summed E-state index contributed by atoms with van der Waals surface area (Å²) in [7, 11) is 0. The number of terminal acetylenes is 1. The second-order valence-electron chi connectivity index (χ2n) is 10.4. The maximum atomic E-state index is 12.8. The number of ether oxygens (including phenoxy) is 2. The number of thioether (sulfide) groups is 1. The molecule has 0 fully saturated rings. The highest BCUT2D eigenvalue weighted by atomic mass is 32.2. The molecule has 57 heavy (non-hydrogen) atoms. The van der Waals surface area contributed by atoms with Gasteiger partial charge >= 0.3 is 11.9 Å². The predicted molar refractivity (Wildman–Crippen MR) is 225 cm³/mol. The molecule has 0 amide bonds. The molecule has 0 saturated heterocycles. The molecule has 0 spiro atoms. The van der Waals surface area contributed by atoms with Crippen molar-refractivity contribution in [3.63, 3.8) is 0 Å². The lowest BCUT2D eigenvalue weighted by atomic mass is 10.0. The molecule has 4 aromatic carbocycles. The smallest absolute Gasteiger partial charge is 0.335 e. The molecule has 0 radical (unpaired) electrons. The zero-order chi connectivity index (χ0) is 40.9. The Hall–Kier alpha value is -8.64. The van der Waals surface area contributed by atoms with Crippen LogP contribution in [0.3, 0.4) is 0 Å². The van der Waals surface area contributed by atoms with Crippen LogP contribution in [0, 0.1) is 107 Å². The summed E-state index contributed by atoms with van der Waals surface area (Å²) >= 11 is 1.68. The van der Waals surface area contributed by atoms with Crippen molar-refractivity contribution in [2.24, 2.45) is 0 Å². The molecule has 0 N–H and O–H groups in total. The number of benzene rings is 4. The van der Waals surface area contributed by atoms with Gasteiger partial charge in [-0.3, -0.25) is 4.79 Å². The van der Waals surface area contributed by atoms with E-state index in [9.17, 15) is 14.4 Å². The third kappa shape index (κ3) is 17.2. The number of ketones is 1. The van der Waals surface area contributed by atoms with Crippen molar-refractivity contribution in [3.8, 4) is 119 Å². The molecule has 6 heteroatoms. The Morgan fingerprint density at radius 3 is 1.37 bits per heavy atom. The van der Waals surface area contributed by atoms with Crippen LogP contribution in [-0.2, 0) is 15.3 Å². The zero-order valence-corrected chi connectivity index (χ0v) is 31.4. The molecule has 0 aliphatic heterocycles. The molecule has 0 bridgehead atoms. The molecule has 0 saturated carbocycles. The van der Waals surface area contributed by atoms with E-state index >= 15 is 0 Å². The Bertz CT molecular complexity index is 2690. The molecule has 0 atom stereocenters. The molecule has 0 aromatic heterocycles. The second kappa shape index (κ2) is 25.4. The van der Waals surface area contributed by atoms with Gasteiger partial charge < -0.3 is 9.47 Å². The summed E-state index contributed by atoms with van der Waals surface area (Å²) in [5.41, 5.74) is 3.87. The van der Waals surface area contributed by atoms with Crippen LogP contribution in [-0.4, -0.2) is 17.7 Å². The van der Waals surface area contributed by atoms with Crippen LogP contribution in [0.5, 0.6) is 11.5 Å². The van der Waals surface area contributed by atoms with E-state index in [1.807, 2.05) is 48.5 Å². The summed E-state index contributed by atoms with van der Waals surface area (Å²) in [4.78, 5) is 36.4. The lowest BCUT2D eigenvalue weighted by Gasteiger charge is -2.05. The highest BCUT2D eigenvalue weighted by Crippen LogP contribution is 2.25. The number of hydrogen-bond donors (Lipinski definition) is 0. The van der Waals surface area contributed by atoms with Gasteiger partial charge in [-0.1, -0.05) is 43.1 Å². The van der Waals surface area contributed by atoms with Crippen molar-refractivity contribution in [1.29, 1.82) is 0 Å². The van der Waals surface area contributed by atoms with E-state index in [2.05, 4.69) is 114 Å². The minimum Gasteiger partial charge on any atom is -0.423 e. The fourth-order valence-electron chi connectivity index (χ4n) is 3.90. The molecular formula is C51H28O5S. The summed E-state index contributed by atoms with van der Waals surface area (Å²) < 4.78 is 10.1. The first-order chi connectivity index (χ1) is 27.8. The van der Waals surface area contributed by atoms with Gasteiger partial charge in [0, 0.05) is 45.1 Å². The zero-order valence-electron chi connectivity index (χ0n) is 30.5. The molecule has 0 aliphatic carbocycles. The summed E-state index contributed by atoms with van der Waals surface area (Å²) in [6.45, 7) is 8.45. The van der Waals surface area contributed by atoms with Crippen LogP contribution in [0.1, 0.15) is 39.5 Å². The summed E-state index contributed by atoms with van der Waals surface area (Å²) in [6, 6.07) is 28.9. The maximum absolute atomic E-state index is 12.8. The van der Waals surface area contributed by atoms with E-state index in [4.69, 9.17) is 15.9 Å². The Morgan fingerprint density at radius 1 is 0.561 bits per heavy atom. The van der Waals surface area contributed by atoms with E-state index in [-0.39, 0.29) is 5.78 Å². The van der Waals surface area contributed by atoms with Crippen molar-refractivity contribution < 1.29 is 23.9 Å². The lowest BCUT2D eigenvalue weighted by Crippen LogP contribution is -2.04. The standard InChI is InChI=1S/C34H24O5S.C17H4/c1-3-32(35)38-29-17-15-28(16-18-29)34(37)27-13-11-25(12-14-27)6-5-24-7-9-26(10-8-24)23-40-31-21-19-30(20-22-31)39-33(36)4-2;1-3-5-7-9-11-13-15-17-16-14-12-10-8-6-4-2/h3-4,7-22H,1-2,23H2;1H,2H3. The lowest BCUT2D eigenvalue weighted by molar-refractivity contribution is -0.129. The van der Waals surface area contributed by atoms with E-state index in [0.717, 1.165) is 39.5 Å². The van der Waals surface area contributed by atoms with Crippen LogP contribution in [0.2, 0.25) is 0 Å². The molecule has 4 aromatic rings. The van der Waals surface area contributed by atoms with Gasteiger partial charge in [0.25, 0.3) is 0 Å². The van der Waals surface area contributed by atoms with Gasteiger partial charge in [0.15, 0.2) is 5.78 Å². The predicted octanol–water partition coefficient (Wildman–Crippen LogP) is 7.46. The van der Waals surface area contributed by atoms with Gasteiger partial charge in [-0.05, 0) is 180 Å². The molecule has 4 rings (SSSR count). The SMILES string of the molecule is C#CC#CC#CC#CC#CC#CC#CC#CC.C=CC(=O)Oc1ccc(SCc2ccc(C#Cc3ccc(C(=O)c4ccc(OC(=O)C=C)cc4)cc3)cc2)cc1. The van der Waals surface area contributed by atoms with E-state index in [1.165, 1.54) is 0 Å². The van der Waals surface area contributed by atoms with Gasteiger partial charge in [0.05, 0.1) is 0 Å². The van der Waals surface area contributed by atoms with Gasteiger partial charge in [-0.15, -0.1) is 18.2 Å². The van der Waals surface area contributed by atoms with E-state index in [1.54, 1.807) is 67.2 Å². The van der Waals surface area contributed by atoms with Gasteiger partial charge in [-0.25, -0.2) is 9.59 Å². The Balaban J connectivity index is 0.000000432. The third-order valence-corrected chi connectivity index (χ3v) is 7.60. The average Bonchev–Trinajstić information content (AvgIpc) is 3.25. The first-order valence-corrected chi connectivity index (χ1v) is 17.5. The first-order valence-electron chi connectivity index (χ1n) is 16.5. The molecule has 0 heterocycles. The van der Waals surface area contributed by atoms with Gasteiger partial charge in [0.2, 0.25) is 0 Å². The monoisotopic (exact) mass is 752 g/mol. The van der Waals surface area contributed by atoms with Crippen molar-refractivity contribution in [1.82, 2.24) is 0 Å². The highest BCUT2D eigenvalue weighted by molar-refractivity contribution is 7.98. The normalized spacial score (nSPS) is 8.14. The largest absolute Gasteiger partial charge is 0.423 e. The topological polar surface area (TPSA) is 69.7 Å². The van der Waals surface area contributed by atoms with Crippen molar-refractivity contribution in [2.45, 2.75) is 17.6 Å². The number of carbonyl (C=O) groups excluding carboxylic acids is 3. The molecule has 0 unspecified atom stereocenters. The fraction of sp³-hybridized carbons (Fsp3) is 0.0392. The van der Waals surface area contributed by atoms with Crippen molar-refractivity contribution in [2.75, 3.05) is 0 Å². The summed E-state index contributed by atoms with van der Waals surface area (Å²) in [5.74, 6) is 43.7. The average molecular weight is 753 g/mol. The third-order valence-electron chi connectivity index (χ3n) is 6.52. The molecule has 268 valence electrons. The highest BCUT2D eigenvalue weighted by Gasteiger charge is 2.10. The Morgan fingerprint density at radius 2 is 0.947 bits per heavy atom. The van der Waals surface area contributed by atoms with Gasteiger partial charge in [0.1, 0.15) is 11.5 Å². The number of carbonyl (C=O) groups is 3. The second-order valence-corrected chi connectivity index (χ2v) is 11.5. The quantitative estimate of drug-likeness (QED) is 0.0442. The minimum absolute atomic E-state index is 0.137. The summed E-state index contributed by atoms with van der Waals surface area (Å²) in [6.07, 6.45) is 7.09. The number of hydrogen-bond acceptors (Lipinski definition) is 6. The Labute approximate surface area is 338 Å². The minimum atomic E-state index is -0.556. The van der Waals surface area contributed by atoms with E-state index < -0.39 is 11.9 Å². The van der Waals surface area contributed by atoms with E-state index in [0.29, 0.717) is 22.6 Å². The fourth-order valence-corrected chi connectivity index (χ4v) is 4.76. The summed E-state index contributed by atoms with van der Waals surface area (Å²) in [5, 5.41) is 0.